The van der Waals surface area contributed by atoms with Crippen molar-refractivity contribution < 1.29 is 72.9 Å². The molecule has 0 aromatic heterocycles. The Labute approximate surface area is 328 Å². The normalized spacial score (nSPS) is 24.8. The SMILES string of the molecule is CNC[C@H](N)CO[C@@H]1O[C@H](COC(=O)CC(=O)O)[C@@H](O)[C@H](O)[C@H]1OOc1cc2c(cc1Cc1cccc(O)c1)OC[C@@H]1c3cc4c(c(CC(C)C)c3O[C@H]21)OCO4. The molecule has 0 amide bonds. The van der Waals surface area contributed by atoms with Crippen molar-refractivity contribution in [3.63, 3.8) is 0 Å². The number of likely N-dealkylation sites (N-methyl/N-ethyl adjacent to an activating group) is 1. The van der Waals surface area contributed by atoms with Crippen LogP contribution in [0.4, 0.5) is 0 Å². The molecule has 4 aliphatic rings. The van der Waals surface area contributed by atoms with Gasteiger partial charge in [-0.3, -0.25) is 9.59 Å². The quantitative estimate of drug-likeness (QED) is 0.0528. The summed E-state index contributed by atoms with van der Waals surface area (Å²) in [5.74, 6) is 0.605. The molecule has 57 heavy (non-hydrogen) atoms. The number of esters is 1. The third-order valence-electron chi connectivity index (χ3n) is 10.1. The summed E-state index contributed by atoms with van der Waals surface area (Å²) in [4.78, 5) is 34.9. The second-order valence-electron chi connectivity index (χ2n) is 15.0. The van der Waals surface area contributed by atoms with Crippen molar-refractivity contribution >= 4 is 11.9 Å². The van der Waals surface area contributed by atoms with Crippen LogP contribution in [-0.2, 0) is 41.5 Å². The number of carbonyl (C=O) groups is 2. The van der Waals surface area contributed by atoms with Gasteiger partial charge in [-0.1, -0.05) is 26.0 Å². The third kappa shape index (κ3) is 8.84. The predicted molar refractivity (Wildman–Crippen MR) is 197 cm³/mol. The number of rotatable bonds is 16. The van der Waals surface area contributed by atoms with Gasteiger partial charge in [-0.25, -0.2) is 0 Å². The minimum atomic E-state index is -1.70. The zero-order chi connectivity index (χ0) is 40.4. The number of hydrogen-bond donors (Lipinski definition) is 6. The molecule has 3 aromatic carbocycles. The Hall–Kier alpha value is -4.88. The molecule has 1 fully saturated rings. The Morgan fingerprint density at radius 1 is 1.02 bits per heavy atom. The number of phenols is 1. The number of carbonyl (C=O) groups excluding carboxylic acids is 1. The largest absolute Gasteiger partial charge is 0.508 e. The summed E-state index contributed by atoms with van der Waals surface area (Å²) in [5, 5.41) is 44.5. The lowest BCUT2D eigenvalue weighted by molar-refractivity contribution is -0.373. The molecular formula is C40H48N2O15. The molecule has 8 atom stereocenters. The van der Waals surface area contributed by atoms with Crippen molar-refractivity contribution in [2.45, 2.75) is 81.9 Å². The number of aliphatic carboxylic acids is 1. The van der Waals surface area contributed by atoms with Crippen LogP contribution in [0.2, 0.25) is 0 Å². The summed E-state index contributed by atoms with van der Waals surface area (Å²) in [6.07, 6.45) is -7.95. The topological polar surface area (TPSA) is 236 Å². The Bertz CT molecular complexity index is 1940. The summed E-state index contributed by atoms with van der Waals surface area (Å²) in [6, 6.07) is 11.8. The highest BCUT2D eigenvalue weighted by molar-refractivity contribution is 5.90. The maximum absolute atomic E-state index is 12.0. The number of aromatic hydroxyl groups is 1. The third-order valence-corrected chi connectivity index (χ3v) is 10.1. The lowest BCUT2D eigenvalue weighted by Gasteiger charge is -2.41. The molecule has 7 rings (SSSR count). The number of ether oxygens (including phenoxy) is 7. The van der Waals surface area contributed by atoms with Gasteiger partial charge in [0.2, 0.25) is 6.79 Å². The van der Waals surface area contributed by atoms with Gasteiger partial charge in [0.05, 0.1) is 19.1 Å². The lowest BCUT2D eigenvalue weighted by atomic mass is 9.86. The minimum absolute atomic E-state index is 0.0715. The predicted octanol–water partition coefficient (Wildman–Crippen LogP) is 2.23. The number of phenolic OH excluding ortho intramolecular Hbond substituents is 1. The van der Waals surface area contributed by atoms with Crippen LogP contribution in [0.1, 0.15) is 60.1 Å². The van der Waals surface area contributed by atoms with Crippen LogP contribution in [0.15, 0.2) is 42.5 Å². The molecule has 308 valence electrons. The standard InChI is InChI=1S/C40H48N2O15/c1-19(2)7-26-36-24(11-30-38(26)53-18-52-30)27-16-49-29-10-21(8-20-5-4-6-23(43)9-20)28(12-25(29)37(27)55-36)56-57-39-35(48)34(47)31(17-50-33(46)13-32(44)45)54-40(39)51-15-22(41)14-42-3/h4-6,9-12,19,22,27,31,34-35,37,39-40,42-43,47-48H,7-8,13-18,41H2,1-3H3,(H,44,45)/t22-,27+,31+,34+,35-,37+,39+,40+/m0/s1. The number of fused-ring (bicyclic) bond motifs is 6. The summed E-state index contributed by atoms with van der Waals surface area (Å²) >= 11 is 0. The highest BCUT2D eigenvalue weighted by Crippen LogP contribution is 2.57. The summed E-state index contributed by atoms with van der Waals surface area (Å²) in [5.41, 5.74) is 10.1. The van der Waals surface area contributed by atoms with Crippen LogP contribution >= 0.6 is 0 Å². The van der Waals surface area contributed by atoms with E-state index in [9.17, 15) is 24.9 Å². The van der Waals surface area contributed by atoms with E-state index < -0.39 is 67.8 Å². The Balaban J connectivity index is 1.18. The van der Waals surface area contributed by atoms with E-state index in [2.05, 4.69) is 19.2 Å². The fourth-order valence-corrected chi connectivity index (χ4v) is 7.48. The Morgan fingerprint density at radius 2 is 1.84 bits per heavy atom. The summed E-state index contributed by atoms with van der Waals surface area (Å²) in [6.45, 7) is 4.43. The van der Waals surface area contributed by atoms with E-state index in [1.807, 2.05) is 18.2 Å². The second-order valence-corrected chi connectivity index (χ2v) is 15.0. The van der Waals surface area contributed by atoms with E-state index in [1.54, 1.807) is 31.3 Å². The van der Waals surface area contributed by atoms with E-state index in [-0.39, 0.29) is 37.2 Å². The molecule has 17 nitrogen and oxygen atoms in total. The first-order chi connectivity index (χ1) is 27.4. The number of hydrogen-bond acceptors (Lipinski definition) is 16. The van der Waals surface area contributed by atoms with Crippen molar-refractivity contribution in [2.24, 2.45) is 11.7 Å². The van der Waals surface area contributed by atoms with Gasteiger partial charge >= 0.3 is 11.9 Å². The number of nitrogens with two attached hydrogens (primary N) is 1. The highest BCUT2D eigenvalue weighted by Gasteiger charge is 2.49. The number of carboxylic acids is 1. The lowest BCUT2D eigenvalue weighted by Crippen LogP contribution is -2.61. The number of aliphatic hydroxyl groups excluding tert-OH is 2. The summed E-state index contributed by atoms with van der Waals surface area (Å²) in [7, 11) is 1.72. The van der Waals surface area contributed by atoms with E-state index in [4.69, 9.17) is 53.8 Å². The zero-order valence-corrected chi connectivity index (χ0v) is 31.8. The van der Waals surface area contributed by atoms with Crippen molar-refractivity contribution in [2.75, 3.05) is 40.2 Å². The minimum Gasteiger partial charge on any atom is -0.508 e. The average Bonchev–Trinajstić information content (AvgIpc) is 3.79. The molecule has 0 saturated carbocycles. The first-order valence-electron chi connectivity index (χ1n) is 18.8. The van der Waals surface area contributed by atoms with E-state index in [0.29, 0.717) is 53.9 Å². The molecule has 0 bridgehead atoms. The number of nitrogens with one attached hydrogen (secondary N) is 1. The highest BCUT2D eigenvalue weighted by atomic mass is 17.2. The first kappa shape index (κ1) is 40.3. The van der Waals surface area contributed by atoms with Gasteiger partial charge in [-0.05, 0) is 55.3 Å². The molecule has 7 N–H and O–H groups in total. The van der Waals surface area contributed by atoms with Crippen LogP contribution in [-0.4, -0.2) is 109 Å². The molecule has 4 heterocycles. The average molecular weight is 797 g/mol. The fraction of sp³-hybridized carbons (Fsp3) is 0.500. The van der Waals surface area contributed by atoms with Crippen molar-refractivity contribution in [1.82, 2.24) is 5.32 Å². The molecule has 1 saturated heterocycles. The van der Waals surface area contributed by atoms with Gasteiger partial charge in [0.15, 0.2) is 29.6 Å². The fourth-order valence-electron chi connectivity index (χ4n) is 7.48. The molecule has 0 spiro atoms. The molecular weight excluding hydrogens is 748 g/mol. The van der Waals surface area contributed by atoms with Gasteiger partial charge in [0, 0.05) is 41.3 Å². The van der Waals surface area contributed by atoms with Crippen molar-refractivity contribution in [3.05, 3.63) is 70.3 Å². The number of benzene rings is 3. The maximum atomic E-state index is 12.0. The number of aliphatic hydroxyl groups is 2. The number of carboxylic acid groups (broad SMARTS) is 1. The van der Waals surface area contributed by atoms with Gasteiger partial charge in [-0.15, -0.1) is 0 Å². The van der Waals surface area contributed by atoms with Crippen molar-refractivity contribution in [1.29, 1.82) is 0 Å². The van der Waals surface area contributed by atoms with Crippen molar-refractivity contribution in [3.8, 4) is 34.5 Å². The second kappa shape index (κ2) is 17.3. The van der Waals surface area contributed by atoms with Crippen LogP contribution in [0.25, 0.3) is 0 Å². The molecule has 0 radical (unpaired) electrons. The van der Waals surface area contributed by atoms with E-state index in [0.717, 1.165) is 22.4 Å². The van der Waals surface area contributed by atoms with Gasteiger partial charge in [-0.2, -0.15) is 4.89 Å². The Kier molecular flexibility index (Phi) is 12.2. The first-order valence-corrected chi connectivity index (χ1v) is 18.8. The Morgan fingerprint density at radius 3 is 2.60 bits per heavy atom. The molecule has 4 aliphatic heterocycles. The van der Waals surface area contributed by atoms with Crippen LogP contribution in [0.5, 0.6) is 34.5 Å². The molecule has 17 heteroatoms. The van der Waals surface area contributed by atoms with Crippen LogP contribution in [0, 0.1) is 5.92 Å². The van der Waals surface area contributed by atoms with Gasteiger partial charge in [0.1, 0.15) is 54.7 Å². The van der Waals surface area contributed by atoms with E-state index >= 15 is 0 Å². The maximum Gasteiger partial charge on any atom is 0.317 e. The molecule has 3 aromatic rings. The molecule has 0 unspecified atom stereocenters. The monoisotopic (exact) mass is 796 g/mol. The van der Waals surface area contributed by atoms with Crippen LogP contribution < -0.4 is 34.9 Å². The van der Waals surface area contributed by atoms with Gasteiger partial charge in [0.25, 0.3) is 0 Å². The zero-order valence-electron chi connectivity index (χ0n) is 31.8. The van der Waals surface area contributed by atoms with Gasteiger partial charge < -0.3 is 69.5 Å². The van der Waals surface area contributed by atoms with E-state index in [1.165, 1.54) is 0 Å². The van der Waals surface area contributed by atoms with Crippen LogP contribution in [0.3, 0.4) is 0 Å². The molecule has 0 aliphatic carbocycles. The smallest absolute Gasteiger partial charge is 0.317 e. The summed E-state index contributed by atoms with van der Waals surface area (Å²) < 4.78 is 41.7.